The van der Waals surface area contributed by atoms with Crippen LogP contribution in [-0.4, -0.2) is 34.0 Å². The fraction of sp³-hybridized carbons (Fsp3) is 0.333. The van der Waals surface area contributed by atoms with Crippen molar-refractivity contribution >= 4 is 12.4 Å². The Labute approximate surface area is 158 Å². The van der Waals surface area contributed by atoms with Crippen LogP contribution in [0.25, 0.3) is 0 Å². The third-order valence-corrected chi connectivity index (χ3v) is 4.91. The summed E-state index contributed by atoms with van der Waals surface area (Å²) < 4.78 is 5.21. The fourth-order valence-electron chi connectivity index (χ4n) is 3.57. The van der Waals surface area contributed by atoms with E-state index in [0.29, 0.717) is 24.3 Å². The molecule has 0 radical (unpaired) electrons. The summed E-state index contributed by atoms with van der Waals surface area (Å²) in [5, 5.41) is 18.8. The van der Waals surface area contributed by atoms with E-state index in [-0.39, 0.29) is 19.3 Å². The van der Waals surface area contributed by atoms with Crippen molar-refractivity contribution in [2.45, 2.75) is 39.0 Å². The van der Waals surface area contributed by atoms with Crippen molar-refractivity contribution in [2.75, 3.05) is 6.54 Å². The van der Waals surface area contributed by atoms with Crippen LogP contribution in [0, 0.1) is 0 Å². The number of benzene rings is 2. The van der Waals surface area contributed by atoms with E-state index in [0.717, 1.165) is 35.1 Å². The number of hydrogen-bond acceptors (Lipinski definition) is 5. The SMILES string of the molecule is CC(=O)Oc1cc(CC2c3ccc(CO)cc3CCN2C=O)ccc1CO. The Morgan fingerprint density at radius 1 is 1.19 bits per heavy atom. The van der Waals surface area contributed by atoms with Crippen LogP contribution in [0.1, 0.15) is 40.8 Å². The first-order valence-corrected chi connectivity index (χ1v) is 8.90. The molecule has 2 aromatic rings. The van der Waals surface area contributed by atoms with Gasteiger partial charge in [-0.05, 0) is 41.2 Å². The number of aliphatic hydroxyl groups is 2. The maximum Gasteiger partial charge on any atom is 0.308 e. The van der Waals surface area contributed by atoms with Crippen molar-refractivity contribution in [3.05, 3.63) is 64.2 Å². The predicted octanol–water partition coefficient (Wildman–Crippen LogP) is 1.89. The van der Waals surface area contributed by atoms with Crippen LogP contribution in [0.2, 0.25) is 0 Å². The highest BCUT2D eigenvalue weighted by Crippen LogP contribution is 2.33. The summed E-state index contributed by atoms with van der Waals surface area (Å²) in [5.74, 6) is -0.109. The molecule has 2 aromatic carbocycles. The second-order valence-electron chi connectivity index (χ2n) is 6.70. The van der Waals surface area contributed by atoms with Gasteiger partial charge in [-0.25, -0.2) is 0 Å². The quantitative estimate of drug-likeness (QED) is 0.461. The number of aliphatic hydroxyl groups excluding tert-OH is 2. The van der Waals surface area contributed by atoms with Gasteiger partial charge in [0.1, 0.15) is 5.75 Å². The molecule has 0 saturated carbocycles. The predicted molar refractivity (Wildman–Crippen MR) is 99.0 cm³/mol. The number of ether oxygens (including phenoxy) is 1. The normalized spacial score (nSPS) is 16.0. The van der Waals surface area contributed by atoms with E-state index in [4.69, 9.17) is 4.74 Å². The van der Waals surface area contributed by atoms with Gasteiger partial charge >= 0.3 is 5.97 Å². The van der Waals surface area contributed by atoms with E-state index in [2.05, 4.69) is 0 Å². The number of carbonyl (C=O) groups is 2. The van der Waals surface area contributed by atoms with Crippen LogP contribution < -0.4 is 4.74 Å². The Bertz CT molecular complexity index is 848. The largest absolute Gasteiger partial charge is 0.426 e. The van der Waals surface area contributed by atoms with E-state index in [1.165, 1.54) is 6.92 Å². The lowest BCUT2D eigenvalue weighted by Crippen LogP contribution is -2.35. The highest BCUT2D eigenvalue weighted by atomic mass is 16.5. The van der Waals surface area contributed by atoms with Gasteiger partial charge in [0.2, 0.25) is 6.41 Å². The highest BCUT2D eigenvalue weighted by Gasteiger charge is 2.27. The summed E-state index contributed by atoms with van der Waals surface area (Å²) in [7, 11) is 0. The Kier molecular flexibility index (Phi) is 5.88. The maximum absolute atomic E-state index is 11.6. The number of nitrogens with zero attached hydrogens (tertiary/aromatic N) is 1. The minimum absolute atomic E-state index is 0.0102. The van der Waals surface area contributed by atoms with Crippen molar-refractivity contribution in [3.63, 3.8) is 0 Å². The van der Waals surface area contributed by atoms with Crippen molar-refractivity contribution < 1.29 is 24.5 Å². The molecular weight excluding hydrogens is 346 g/mol. The molecule has 6 heteroatoms. The lowest BCUT2D eigenvalue weighted by molar-refractivity contribution is -0.132. The molecule has 0 aromatic heterocycles. The molecule has 1 unspecified atom stereocenters. The lowest BCUT2D eigenvalue weighted by atomic mass is 9.88. The van der Waals surface area contributed by atoms with Gasteiger partial charge in [-0.3, -0.25) is 9.59 Å². The molecule has 3 rings (SSSR count). The standard InChI is InChI=1S/C21H23NO5/c1-14(26)27-21-10-15(2-4-18(21)12-24)9-20-19-5-3-16(11-23)8-17(19)6-7-22(20)13-25/h2-5,8,10,13,20,23-24H,6-7,9,11-12H2,1H3. The topological polar surface area (TPSA) is 87.1 Å². The molecule has 0 saturated heterocycles. The molecule has 27 heavy (non-hydrogen) atoms. The lowest BCUT2D eigenvalue weighted by Gasteiger charge is -2.35. The Morgan fingerprint density at radius 2 is 1.96 bits per heavy atom. The summed E-state index contributed by atoms with van der Waals surface area (Å²) in [6, 6.07) is 11.0. The molecular formula is C21H23NO5. The van der Waals surface area contributed by atoms with Gasteiger partial charge in [-0.1, -0.05) is 30.3 Å². The molecule has 1 amide bonds. The zero-order valence-electron chi connectivity index (χ0n) is 15.2. The monoisotopic (exact) mass is 369 g/mol. The molecule has 1 heterocycles. The Hall–Kier alpha value is -2.70. The first-order chi connectivity index (χ1) is 13.0. The molecule has 2 N–H and O–H groups in total. The molecule has 0 aliphatic carbocycles. The van der Waals surface area contributed by atoms with Gasteiger partial charge in [0, 0.05) is 19.0 Å². The first-order valence-electron chi connectivity index (χ1n) is 8.90. The summed E-state index contributed by atoms with van der Waals surface area (Å²) in [6.45, 7) is 1.70. The van der Waals surface area contributed by atoms with Crippen molar-refractivity contribution in [1.29, 1.82) is 0 Å². The van der Waals surface area contributed by atoms with E-state index >= 15 is 0 Å². The number of carbonyl (C=O) groups excluding carboxylic acids is 2. The van der Waals surface area contributed by atoms with Crippen LogP contribution in [0.5, 0.6) is 5.75 Å². The van der Waals surface area contributed by atoms with Crippen molar-refractivity contribution in [2.24, 2.45) is 0 Å². The van der Waals surface area contributed by atoms with Crippen LogP contribution in [0.4, 0.5) is 0 Å². The second kappa shape index (κ2) is 8.33. The highest BCUT2D eigenvalue weighted by molar-refractivity contribution is 5.70. The van der Waals surface area contributed by atoms with Gasteiger partial charge in [0.25, 0.3) is 0 Å². The van der Waals surface area contributed by atoms with Gasteiger partial charge in [0.15, 0.2) is 0 Å². The van der Waals surface area contributed by atoms with Crippen molar-refractivity contribution in [3.8, 4) is 5.75 Å². The Morgan fingerprint density at radius 3 is 2.63 bits per heavy atom. The van der Waals surface area contributed by atoms with Gasteiger partial charge in [0.05, 0.1) is 19.3 Å². The third-order valence-electron chi connectivity index (χ3n) is 4.91. The van der Waals surface area contributed by atoms with Crippen LogP contribution in [0.15, 0.2) is 36.4 Å². The molecule has 1 aliphatic rings. The summed E-state index contributed by atoms with van der Waals surface area (Å²) in [4.78, 5) is 24.7. The summed E-state index contributed by atoms with van der Waals surface area (Å²) >= 11 is 0. The third kappa shape index (κ3) is 4.18. The number of hydrogen-bond donors (Lipinski definition) is 2. The smallest absolute Gasteiger partial charge is 0.308 e. The fourth-order valence-corrected chi connectivity index (χ4v) is 3.57. The molecule has 6 nitrogen and oxygen atoms in total. The molecule has 142 valence electrons. The minimum Gasteiger partial charge on any atom is -0.426 e. The zero-order valence-corrected chi connectivity index (χ0v) is 15.2. The number of fused-ring (bicyclic) bond motifs is 1. The maximum atomic E-state index is 11.6. The van der Waals surface area contributed by atoms with E-state index in [1.807, 2.05) is 24.3 Å². The summed E-state index contributed by atoms with van der Waals surface area (Å²) in [5.41, 5.74) is 4.50. The van der Waals surface area contributed by atoms with Gasteiger partial charge in [-0.15, -0.1) is 0 Å². The van der Waals surface area contributed by atoms with E-state index in [1.54, 1.807) is 17.0 Å². The van der Waals surface area contributed by atoms with E-state index < -0.39 is 5.97 Å². The first kappa shape index (κ1) is 19.1. The second-order valence-corrected chi connectivity index (χ2v) is 6.70. The number of esters is 1. The number of amides is 1. The molecule has 0 bridgehead atoms. The molecule has 1 atom stereocenters. The zero-order chi connectivity index (χ0) is 19.4. The van der Waals surface area contributed by atoms with Crippen LogP contribution in [0.3, 0.4) is 0 Å². The molecule has 0 spiro atoms. The molecule has 1 aliphatic heterocycles. The average molecular weight is 369 g/mol. The van der Waals surface area contributed by atoms with Crippen molar-refractivity contribution in [1.82, 2.24) is 4.90 Å². The van der Waals surface area contributed by atoms with Gasteiger partial charge < -0.3 is 19.8 Å². The van der Waals surface area contributed by atoms with Crippen LogP contribution in [-0.2, 0) is 35.6 Å². The molecule has 0 fully saturated rings. The van der Waals surface area contributed by atoms with E-state index in [9.17, 15) is 19.8 Å². The average Bonchev–Trinajstić information content (AvgIpc) is 2.67. The summed E-state index contributed by atoms with van der Waals surface area (Å²) in [6.07, 6.45) is 2.17. The Balaban J connectivity index is 1.94. The minimum atomic E-state index is -0.448. The number of rotatable bonds is 6. The van der Waals surface area contributed by atoms with Gasteiger partial charge in [-0.2, -0.15) is 0 Å². The van der Waals surface area contributed by atoms with Crippen LogP contribution >= 0.6 is 0 Å².